The number of rotatable bonds is 5. The number of anilines is 2. The van der Waals surface area contributed by atoms with Gasteiger partial charge in [0, 0.05) is 18.3 Å². The summed E-state index contributed by atoms with van der Waals surface area (Å²) < 4.78 is 5.30. The Bertz CT molecular complexity index is 335. The lowest BCUT2D eigenvalue weighted by molar-refractivity contribution is 0.141. The van der Waals surface area contributed by atoms with Gasteiger partial charge < -0.3 is 15.8 Å². The van der Waals surface area contributed by atoms with Crippen molar-refractivity contribution in [2.75, 3.05) is 24.3 Å². The fourth-order valence-corrected chi connectivity index (χ4v) is 1.93. The van der Waals surface area contributed by atoms with Gasteiger partial charge in [0.1, 0.15) is 0 Å². The molecule has 0 fully saturated rings. The van der Waals surface area contributed by atoms with E-state index in [9.17, 15) is 0 Å². The molecule has 0 heterocycles. The van der Waals surface area contributed by atoms with Gasteiger partial charge in [-0.2, -0.15) is 0 Å². The highest BCUT2D eigenvalue weighted by molar-refractivity contribution is 6.39. The van der Waals surface area contributed by atoms with Crippen LogP contribution in [-0.2, 0) is 4.74 Å². The molecule has 1 aromatic carbocycles. The Hall–Kier alpha value is -0.640. The number of nitrogen functional groups attached to an aromatic ring is 1. The van der Waals surface area contributed by atoms with Crippen LogP contribution in [0, 0.1) is 0 Å². The molecule has 0 saturated heterocycles. The lowest BCUT2D eigenvalue weighted by Gasteiger charge is -2.17. The largest absolute Gasteiger partial charge is 0.399 e. The van der Waals surface area contributed by atoms with E-state index in [0.29, 0.717) is 34.6 Å². The molecule has 1 atom stereocenters. The van der Waals surface area contributed by atoms with Gasteiger partial charge in [0.05, 0.1) is 22.3 Å². The minimum absolute atomic E-state index is 0.138. The van der Waals surface area contributed by atoms with Crippen LogP contribution in [0.25, 0.3) is 0 Å². The monoisotopic (exact) mass is 262 g/mol. The maximum atomic E-state index is 6.05. The van der Waals surface area contributed by atoms with Crippen molar-refractivity contribution in [2.45, 2.75) is 19.9 Å². The molecule has 0 bridgehead atoms. The SMILES string of the molecule is CCOCC(C)Nc1c(Cl)cc(N)cc1Cl. The van der Waals surface area contributed by atoms with Crippen molar-refractivity contribution in [3.8, 4) is 0 Å². The predicted molar refractivity (Wildman–Crippen MR) is 70.5 cm³/mol. The first-order valence-corrected chi connectivity index (χ1v) is 5.89. The first-order valence-electron chi connectivity index (χ1n) is 5.13. The molecule has 1 rings (SSSR count). The van der Waals surface area contributed by atoms with Crippen molar-refractivity contribution < 1.29 is 4.74 Å². The third kappa shape index (κ3) is 3.74. The summed E-state index contributed by atoms with van der Waals surface area (Å²) in [7, 11) is 0. The lowest BCUT2D eigenvalue weighted by atomic mass is 10.2. The second-order valence-corrected chi connectivity index (χ2v) is 4.38. The fourth-order valence-electron chi connectivity index (χ4n) is 1.31. The van der Waals surface area contributed by atoms with Crippen molar-refractivity contribution >= 4 is 34.6 Å². The van der Waals surface area contributed by atoms with Gasteiger partial charge in [-0.3, -0.25) is 0 Å². The summed E-state index contributed by atoms with van der Waals surface area (Å²) in [5.74, 6) is 0. The van der Waals surface area contributed by atoms with Crippen molar-refractivity contribution in [3.63, 3.8) is 0 Å². The number of hydrogen-bond acceptors (Lipinski definition) is 3. The van der Waals surface area contributed by atoms with E-state index in [0.717, 1.165) is 0 Å². The maximum Gasteiger partial charge on any atom is 0.0723 e. The van der Waals surface area contributed by atoms with Gasteiger partial charge in [0.2, 0.25) is 0 Å². The molecule has 0 radical (unpaired) electrons. The molecule has 0 amide bonds. The topological polar surface area (TPSA) is 47.3 Å². The van der Waals surface area contributed by atoms with Crippen LogP contribution in [0.4, 0.5) is 11.4 Å². The Morgan fingerprint density at radius 1 is 1.38 bits per heavy atom. The summed E-state index contributed by atoms with van der Waals surface area (Å²) in [6, 6.07) is 3.48. The third-order valence-corrected chi connectivity index (χ3v) is 2.62. The van der Waals surface area contributed by atoms with E-state index in [-0.39, 0.29) is 6.04 Å². The van der Waals surface area contributed by atoms with E-state index in [2.05, 4.69) is 5.32 Å². The summed E-state index contributed by atoms with van der Waals surface area (Å²) >= 11 is 12.1. The van der Waals surface area contributed by atoms with Crippen LogP contribution in [0.1, 0.15) is 13.8 Å². The summed E-state index contributed by atoms with van der Waals surface area (Å²) in [5, 5.41) is 4.24. The van der Waals surface area contributed by atoms with Crippen LogP contribution in [0.5, 0.6) is 0 Å². The van der Waals surface area contributed by atoms with Crippen LogP contribution >= 0.6 is 23.2 Å². The molecule has 0 saturated carbocycles. The quantitative estimate of drug-likeness (QED) is 0.800. The van der Waals surface area contributed by atoms with Gasteiger partial charge in [-0.15, -0.1) is 0 Å². The Balaban J connectivity index is 2.73. The summed E-state index contributed by atoms with van der Waals surface area (Å²) in [6.07, 6.45) is 0. The van der Waals surface area contributed by atoms with E-state index in [1.165, 1.54) is 0 Å². The molecule has 3 N–H and O–H groups in total. The van der Waals surface area contributed by atoms with Crippen LogP contribution in [0.3, 0.4) is 0 Å². The van der Waals surface area contributed by atoms with Gasteiger partial charge in [0.15, 0.2) is 0 Å². The first-order chi connectivity index (χ1) is 7.54. The van der Waals surface area contributed by atoms with Gasteiger partial charge in [-0.25, -0.2) is 0 Å². The van der Waals surface area contributed by atoms with E-state index >= 15 is 0 Å². The highest BCUT2D eigenvalue weighted by Crippen LogP contribution is 2.33. The number of nitrogens with one attached hydrogen (secondary N) is 1. The molecule has 0 aliphatic heterocycles. The van der Waals surface area contributed by atoms with E-state index in [1.54, 1.807) is 12.1 Å². The van der Waals surface area contributed by atoms with E-state index < -0.39 is 0 Å². The molecular weight excluding hydrogens is 247 g/mol. The zero-order chi connectivity index (χ0) is 12.1. The van der Waals surface area contributed by atoms with Crippen LogP contribution in [0.2, 0.25) is 10.0 Å². The molecular formula is C11H16Cl2N2O. The second kappa shape index (κ2) is 6.18. The van der Waals surface area contributed by atoms with Gasteiger partial charge in [0.25, 0.3) is 0 Å². The molecule has 5 heteroatoms. The van der Waals surface area contributed by atoms with Crippen LogP contribution in [-0.4, -0.2) is 19.3 Å². The summed E-state index contributed by atoms with van der Waals surface area (Å²) in [5.41, 5.74) is 6.87. The summed E-state index contributed by atoms with van der Waals surface area (Å²) in [4.78, 5) is 0. The predicted octanol–water partition coefficient (Wildman–Crippen LogP) is 3.41. The Kier molecular flexibility index (Phi) is 5.19. The molecule has 0 spiro atoms. The van der Waals surface area contributed by atoms with Crippen molar-refractivity contribution in [1.29, 1.82) is 0 Å². The smallest absolute Gasteiger partial charge is 0.0723 e. The molecule has 3 nitrogen and oxygen atoms in total. The third-order valence-electron chi connectivity index (χ3n) is 2.03. The molecule has 16 heavy (non-hydrogen) atoms. The molecule has 0 aromatic heterocycles. The average Bonchev–Trinajstić information content (AvgIpc) is 2.20. The lowest BCUT2D eigenvalue weighted by Crippen LogP contribution is -2.22. The zero-order valence-corrected chi connectivity index (χ0v) is 10.9. The molecule has 1 aromatic rings. The van der Waals surface area contributed by atoms with Gasteiger partial charge in [-0.1, -0.05) is 23.2 Å². The molecule has 0 aliphatic carbocycles. The highest BCUT2D eigenvalue weighted by atomic mass is 35.5. The first kappa shape index (κ1) is 13.4. The van der Waals surface area contributed by atoms with Crippen LogP contribution < -0.4 is 11.1 Å². The number of hydrogen-bond donors (Lipinski definition) is 2. The van der Waals surface area contributed by atoms with Crippen molar-refractivity contribution in [3.05, 3.63) is 22.2 Å². The highest BCUT2D eigenvalue weighted by Gasteiger charge is 2.10. The number of halogens is 2. The summed E-state index contributed by atoms with van der Waals surface area (Å²) in [6.45, 7) is 5.25. The Morgan fingerprint density at radius 3 is 2.44 bits per heavy atom. The minimum Gasteiger partial charge on any atom is -0.399 e. The second-order valence-electron chi connectivity index (χ2n) is 3.56. The Morgan fingerprint density at radius 2 is 1.94 bits per heavy atom. The number of nitrogens with two attached hydrogens (primary N) is 1. The van der Waals surface area contributed by atoms with Crippen molar-refractivity contribution in [1.82, 2.24) is 0 Å². The van der Waals surface area contributed by atoms with Crippen LogP contribution in [0.15, 0.2) is 12.1 Å². The van der Waals surface area contributed by atoms with E-state index in [1.807, 2.05) is 13.8 Å². The normalized spacial score (nSPS) is 12.5. The number of ether oxygens (including phenoxy) is 1. The average molecular weight is 263 g/mol. The fraction of sp³-hybridized carbons (Fsp3) is 0.455. The standard InChI is InChI=1S/C11H16Cl2N2O/c1-3-16-6-7(2)15-11-9(12)4-8(14)5-10(11)13/h4-5,7,15H,3,6,14H2,1-2H3. The van der Waals surface area contributed by atoms with Gasteiger partial charge >= 0.3 is 0 Å². The number of benzene rings is 1. The van der Waals surface area contributed by atoms with E-state index in [4.69, 9.17) is 33.7 Å². The van der Waals surface area contributed by atoms with Crippen molar-refractivity contribution in [2.24, 2.45) is 0 Å². The molecule has 1 unspecified atom stereocenters. The molecule has 90 valence electrons. The molecule has 0 aliphatic rings. The maximum absolute atomic E-state index is 6.05. The minimum atomic E-state index is 0.138. The Labute approximate surface area is 106 Å². The zero-order valence-electron chi connectivity index (χ0n) is 9.39. The van der Waals surface area contributed by atoms with Gasteiger partial charge in [-0.05, 0) is 26.0 Å².